The van der Waals surface area contributed by atoms with Gasteiger partial charge in [-0.2, -0.15) is 0 Å². The summed E-state index contributed by atoms with van der Waals surface area (Å²) in [7, 11) is -3.24. The average molecular weight is 297 g/mol. The fourth-order valence-corrected chi connectivity index (χ4v) is 2.88. The molecule has 0 aromatic carbocycles. The molecule has 20 heavy (non-hydrogen) atoms. The van der Waals surface area contributed by atoms with E-state index in [1.165, 1.54) is 6.20 Å². The van der Waals surface area contributed by atoms with Crippen molar-refractivity contribution in [2.75, 3.05) is 19.3 Å². The van der Waals surface area contributed by atoms with Crippen molar-refractivity contribution >= 4 is 15.9 Å². The van der Waals surface area contributed by atoms with Gasteiger partial charge in [0.1, 0.15) is 0 Å². The van der Waals surface area contributed by atoms with E-state index in [0.29, 0.717) is 12.1 Å². The number of aromatic nitrogens is 1. The Balaban J connectivity index is 2.09. The van der Waals surface area contributed by atoms with Gasteiger partial charge < -0.3 is 4.90 Å². The highest BCUT2D eigenvalue weighted by atomic mass is 32.2. The van der Waals surface area contributed by atoms with E-state index in [9.17, 15) is 13.2 Å². The van der Waals surface area contributed by atoms with Gasteiger partial charge in [-0.05, 0) is 31.4 Å². The molecule has 1 aliphatic heterocycles. The van der Waals surface area contributed by atoms with Crippen LogP contribution in [0.25, 0.3) is 0 Å². The summed E-state index contributed by atoms with van der Waals surface area (Å²) in [4.78, 5) is 18.1. The van der Waals surface area contributed by atoms with Gasteiger partial charge in [0, 0.05) is 31.5 Å². The molecule has 1 aromatic heterocycles. The number of hydrogen-bond donors (Lipinski definition) is 1. The number of sulfonamides is 1. The smallest absolute Gasteiger partial charge is 0.255 e. The molecule has 0 bridgehead atoms. The fraction of sp³-hybridized carbons (Fsp3) is 0.538. The van der Waals surface area contributed by atoms with E-state index in [-0.39, 0.29) is 18.5 Å². The van der Waals surface area contributed by atoms with E-state index in [4.69, 9.17) is 0 Å². The van der Waals surface area contributed by atoms with Gasteiger partial charge in [0.15, 0.2) is 0 Å². The van der Waals surface area contributed by atoms with Gasteiger partial charge >= 0.3 is 0 Å². The first kappa shape index (κ1) is 14.9. The molecule has 1 aliphatic rings. The quantitative estimate of drug-likeness (QED) is 0.884. The van der Waals surface area contributed by atoms with Crippen LogP contribution in [0.15, 0.2) is 24.5 Å². The molecule has 1 aromatic rings. The molecule has 2 rings (SSSR count). The Morgan fingerprint density at radius 1 is 1.50 bits per heavy atom. The van der Waals surface area contributed by atoms with E-state index in [2.05, 4.69) is 9.71 Å². The lowest BCUT2D eigenvalue weighted by Crippen LogP contribution is -2.49. The number of carbonyl (C=O) groups is 1. The molecule has 0 unspecified atom stereocenters. The molecule has 1 atom stereocenters. The summed E-state index contributed by atoms with van der Waals surface area (Å²) in [6.45, 7) is 0.925. The first-order valence-corrected chi connectivity index (χ1v) is 8.52. The molecular weight excluding hydrogens is 278 g/mol. The summed E-state index contributed by atoms with van der Waals surface area (Å²) in [6, 6.07) is 3.36. The molecule has 0 saturated carbocycles. The van der Waals surface area contributed by atoms with Crippen LogP contribution in [0.1, 0.15) is 29.6 Å². The van der Waals surface area contributed by atoms with E-state index >= 15 is 0 Å². The van der Waals surface area contributed by atoms with Crippen LogP contribution >= 0.6 is 0 Å². The molecule has 0 aliphatic carbocycles. The summed E-state index contributed by atoms with van der Waals surface area (Å²) in [5.41, 5.74) is 0.541. The maximum absolute atomic E-state index is 12.4. The number of nitrogens with one attached hydrogen (secondary N) is 1. The van der Waals surface area contributed by atoms with Crippen molar-refractivity contribution in [3.8, 4) is 0 Å². The minimum atomic E-state index is -3.24. The van der Waals surface area contributed by atoms with Crippen LogP contribution in [0.2, 0.25) is 0 Å². The third-order valence-corrected chi connectivity index (χ3v) is 4.07. The standard InChI is InChI=1S/C13H19N3O3S/c1-20(18,19)15-10-12-6-2-3-8-16(12)13(17)11-5-4-7-14-9-11/h4-5,7,9,12,15H,2-3,6,8,10H2,1H3/t12-/m1/s1. The number of piperidine rings is 1. The average Bonchev–Trinajstić information content (AvgIpc) is 2.45. The topological polar surface area (TPSA) is 79.4 Å². The van der Waals surface area contributed by atoms with Crippen molar-refractivity contribution in [2.24, 2.45) is 0 Å². The maximum Gasteiger partial charge on any atom is 0.255 e. The van der Waals surface area contributed by atoms with Crippen molar-refractivity contribution in [2.45, 2.75) is 25.3 Å². The van der Waals surface area contributed by atoms with Gasteiger partial charge in [-0.3, -0.25) is 9.78 Å². The van der Waals surface area contributed by atoms with E-state index in [1.54, 1.807) is 23.2 Å². The summed E-state index contributed by atoms with van der Waals surface area (Å²) in [5.74, 6) is -0.0851. The Hall–Kier alpha value is -1.47. The summed E-state index contributed by atoms with van der Waals surface area (Å²) < 4.78 is 24.9. The second-order valence-electron chi connectivity index (χ2n) is 5.01. The minimum Gasteiger partial charge on any atom is -0.334 e. The monoisotopic (exact) mass is 297 g/mol. The zero-order valence-corrected chi connectivity index (χ0v) is 12.3. The van der Waals surface area contributed by atoms with Crippen molar-refractivity contribution < 1.29 is 13.2 Å². The first-order valence-electron chi connectivity index (χ1n) is 6.63. The number of rotatable bonds is 4. The minimum absolute atomic E-state index is 0.0851. The summed E-state index contributed by atoms with van der Waals surface area (Å²) >= 11 is 0. The van der Waals surface area contributed by atoms with Crippen LogP contribution in [0.5, 0.6) is 0 Å². The van der Waals surface area contributed by atoms with Crippen LogP contribution in [-0.4, -0.2) is 49.6 Å². The molecule has 6 nitrogen and oxygen atoms in total. The molecule has 2 heterocycles. The highest BCUT2D eigenvalue weighted by molar-refractivity contribution is 7.88. The first-order chi connectivity index (χ1) is 9.47. The van der Waals surface area contributed by atoms with Gasteiger partial charge in [0.05, 0.1) is 11.8 Å². The van der Waals surface area contributed by atoms with Crippen molar-refractivity contribution in [1.29, 1.82) is 0 Å². The lowest BCUT2D eigenvalue weighted by Gasteiger charge is -2.35. The van der Waals surface area contributed by atoms with Crippen LogP contribution in [0.3, 0.4) is 0 Å². The highest BCUT2D eigenvalue weighted by Crippen LogP contribution is 2.19. The Kier molecular flexibility index (Phi) is 4.72. The predicted octanol–water partition coefficient (Wildman–Crippen LogP) is 0.625. The number of carbonyl (C=O) groups excluding carboxylic acids is 1. The Labute approximate surface area is 119 Å². The van der Waals surface area contributed by atoms with Crippen molar-refractivity contribution in [1.82, 2.24) is 14.6 Å². The number of hydrogen-bond acceptors (Lipinski definition) is 4. The molecule has 1 N–H and O–H groups in total. The summed E-state index contributed by atoms with van der Waals surface area (Å²) in [6.07, 6.45) is 7.06. The predicted molar refractivity (Wildman–Crippen MR) is 75.8 cm³/mol. The van der Waals surface area contributed by atoms with Crippen LogP contribution in [0.4, 0.5) is 0 Å². The zero-order valence-electron chi connectivity index (χ0n) is 11.4. The van der Waals surface area contributed by atoms with E-state index in [0.717, 1.165) is 25.5 Å². The lowest BCUT2D eigenvalue weighted by atomic mass is 10.0. The second-order valence-corrected chi connectivity index (χ2v) is 6.84. The normalized spacial score (nSPS) is 19.9. The van der Waals surface area contributed by atoms with Gasteiger partial charge in [-0.1, -0.05) is 0 Å². The van der Waals surface area contributed by atoms with Gasteiger partial charge in [-0.15, -0.1) is 0 Å². The lowest BCUT2D eigenvalue weighted by molar-refractivity contribution is 0.0618. The maximum atomic E-state index is 12.4. The Morgan fingerprint density at radius 3 is 2.95 bits per heavy atom. The van der Waals surface area contributed by atoms with Crippen LogP contribution < -0.4 is 4.72 Å². The number of amides is 1. The van der Waals surface area contributed by atoms with Crippen LogP contribution in [-0.2, 0) is 10.0 Å². The molecule has 0 spiro atoms. The van der Waals surface area contributed by atoms with E-state index < -0.39 is 10.0 Å². The highest BCUT2D eigenvalue weighted by Gasteiger charge is 2.27. The van der Waals surface area contributed by atoms with Gasteiger partial charge in [0.2, 0.25) is 10.0 Å². The number of nitrogens with zero attached hydrogens (tertiary/aromatic N) is 2. The summed E-state index contributed by atoms with van der Waals surface area (Å²) in [5, 5.41) is 0. The molecule has 1 saturated heterocycles. The Bertz CT molecular complexity index is 559. The Morgan fingerprint density at radius 2 is 2.30 bits per heavy atom. The molecular formula is C13H19N3O3S. The largest absolute Gasteiger partial charge is 0.334 e. The third-order valence-electron chi connectivity index (χ3n) is 3.38. The van der Waals surface area contributed by atoms with Gasteiger partial charge in [0.25, 0.3) is 5.91 Å². The van der Waals surface area contributed by atoms with E-state index in [1.807, 2.05) is 0 Å². The fourth-order valence-electron chi connectivity index (χ4n) is 2.38. The van der Waals surface area contributed by atoms with Gasteiger partial charge in [-0.25, -0.2) is 13.1 Å². The molecule has 110 valence electrons. The van der Waals surface area contributed by atoms with Crippen LogP contribution in [0, 0.1) is 0 Å². The van der Waals surface area contributed by atoms with Crippen molar-refractivity contribution in [3.05, 3.63) is 30.1 Å². The third kappa shape index (κ3) is 4.01. The van der Waals surface area contributed by atoms with Crippen molar-refractivity contribution in [3.63, 3.8) is 0 Å². The SMILES string of the molecule is CS(=O)(=O)NC[C@H]1CCCCN1C(=O)c1cccnc1. The molecule has 1 fully saturated rings. The number of pyridine rings is 1. The molecule has 1 amide bonds. The zero-order chi connectivity index (χ0) is 14.6. The number of likely N-dealkylation sites (tertiary alicyclic amines) is 1. The second kappa shape index (κ2) is 6.32. The molecule has 7 heteroatoms. The molecule has 0 radical (unpaired) electrons.